The molecular formula is C21H29FO5. The van der Waals surface area contributed by atoms with Crippen molar-refractivity contribution in [1.29, 1.82) is 0 Å². The van der Waals surface area contributed by atoms with E-state index in [-0.39, 0.29) is 11.5 Å². The summed E-state index contributed by atoms with van der Waals surface area (Å²) in [6.45, 7) is 10.5. The fourth-order valence-corrected chi connectivity index (χ4v) is 2.93. The molecule has 2 fully saturated rings. The minimum atomic E-state index is -0.673. The van der Waals surface area contributed by atoms with Crippen LogP contribution < -0.4 is 4.74 Å². The lowest BCUT2D eigenvalue weighted by molar-refractivity contribution is -0.264. The van der Waals surface area contributed by atoms with E-state index in [4.69, 9.17) is 18.9 Å². The van der Waals surface area contributed by atoms with E-state index in [1.807, 2.05) is 13.8 Å². The topological polar surface area (TPSA) is 54.0 Å². The molecule has 0 aromatic heterocycles. The van der Waals surface area contributed by atoms with Gasteiger partial charge in [-0.25, -0.2) is 9.18 Å². The van der Waals surface area contributed by atoms with Crippen LogP contribution in [-0.4, -0.2) is 37.2 Å². The molecule has 1 saturated heterocycles. The highest BCUT2D eigenvalue weighted by atomic mass is 19.1. The Morgan fingerprint density at radius 2 is 1.85 bits per heavy atom. The third kappa shape index (κ3) is 5.42. The van der Waals surface area contributed by atoms with Crippen molar-refractivity contribution < 1.29 is 28.1 Å². The number of benzene rings is 1. The van der Waals surface area contributed by atoms with Crippen molar-refractivity contribution in [3.05, 3.63) is 29.1 Å². The van der Waals surface area contributed by atoms with Gasteiger partial charge in [0, 0.05) is 12.0 Å². The molecule has 1 saturated carbocycles. The van der Waals surface area contributed by atoms with Crippen molar-refractivity contribution in [3.8, 4) is 5.75 Å². The van der Waals surface area contributed by atoms with E-state index in [0.717, 1.165) is 18.4 Å². The lowest BCUT2D eigenvalue weighted by Gasteiger charge is -2.34. The second kappa shape index (κ2) is 7.40. The van der Waals surface area contributed by atoms with Gasteiger partial charge in [-0.2, -0.15) is 0 Å². The van der Waals surface area contributed by atoms with Gasteiger partial charge < -0.3 is 18.9 Å². The van der Waals surface area contributed by atoms with Crippen LogP contribution in [0.25, 0.3) is 0 Å². The summed E-state index contributed by atoms with van der Waals surface area (Å²) in [4.78, 5) is 12.3. The summed E-state index contributed by atoms with van der Waals surface area (Å²) in [5.74, 6) is -0.965. The van der Waals surface area contributed by atoms with Gasteiger partial charge in [-0.15, -0.1) is 0 Å². The van der Waals surface area contributed by atoms with Crippen LogP contribution in [0.1, 0.15) is 69.3 Å². The van der Waals surface area contributed by atoms with Gasteiger partial charge in [0.1, 0.15) is 17.2 Å². The highest BCUT2D eigenvalue weighted by Crippen LogP contribution is 2.45. The normalized spacial score (nSPS) is 20.4. The first kappa shape index (κ1) is 20.1. The number of rotatable bonds is 5. The van der Waals surface area contributed by atoms with E-state index in [9.17, 15) is 9.18 Å². The summed E-state index contributed by atoms with van der Waals surface area (Å²) >= 11 is 0. The molecule has 1 aromatic rings. The fraction of sp³-hybridized carbons (Fsp3) is 0.667. The number of carbonyl (C=O) groups excluding carboxylic acids is 1. The molecule has 2 aliphatic rings. The van der Waals surface area contributed by atoms with Crippen molar-refractivity contribution in [1.82, 2.24) is 0 Å². The van der Waals surface area contributed by atoms with Crippen molar-refractivity contribution in [2.45, 2.75) is 64.8 Å². The molecule has 0 unspecified atom stereocenters. The number of ether oxygens (including phenoxy) is 4. The Morgan fingerprint density at radius 1 is 1.22 bits per heavy atom. The average molecular weight is 380 g/mol. The van der Waals surface area contributed by atoms with Crippen LogP contribution in [0.3, 0.4) is 0 Å². The van der Waals surface area contributed by atoms with Gasteiger partial charge in [0.15, 0.2) is 5.79 Å². The zero-order valence-electron chi connectivity index (χ0n) is 16.8. The molecule has 1 heterocycles. The predicted molar refractivity (Wildman–Crippen MR) is 98.5 cm³/mol. The third-order valence-corrected chi connectivity index (χ3v) is 4.54. The molecule has 150 valence electrons. The Labute approximate surface area is 160 Å². The largest absolute Gasteiger partial charge is 0.493 e. The van der Waals surface area contributed by atoms with E-state index in [2.05, 4.69) is 0 Å². The lowest BCUT2D eigenvalue weighted by atomic mass is 10.0. The molecule has 6 heteroatoms. The van der Waals surface area contributed by atoms with Crippen LogP contribution in [0.5, 0.6) is 5.75 Å². The maximum absolute atomic E-state index is 14.6. The van der Waals surface area contributed by atoms with E-state index in [0.29, 0.717) is 31.5 Å². The third-order valence-electron chi connectivity index (χ3n) is 4.54. The quantitative estimate of drug-likeness (QED) is 0.707. The molecule has 0 spiro atoms. The van der Waals surface area contributed by atoms with Crippen molar-refractivity contribution in [2.24, 2.45) is 5.92 Å². The molecule has 0 amide bonds. The van der Waals surface area contributed by atoms with Crippen molar-refractivity contribution in [2.75, 3.05) is 19.8 Å². The number of hydrogen-bond acceptors (Lipinski definition) is 5. The molecule has 1 aliphatic heterocycles. The molecule has 0 N–H and O–H groups in total. The maximum atomic E-state index is 14.6. The van der Waals surface area contributed by atoms with Gasteiger partial charge >= 0.3 is 5.97 Å². The summed E-state index contributed by atoms with van der Waals surface area (Å²) in [7, 11) is 0. The molecule has 0 atom stereocenters. The first-order valence-electron chi connectivity index (χ1n) is 9.51. The van der Waals surface area contributed by atoms with Gasteiger partial charge in [-0.1, -0.05) is 0 Å². The van der Waals surface area contributed by atoms with E-state index < -0.39 is 23.2 Å². The number of carbonyl (C=O) groups is 1. The van der Waals surface area contributed by atoms with E-state index >= 15 is 0 Å². The van der Waals surface area contributed by atoms with Crippen LogP contribution in [0.15, 0.2) is 12.1 Å². The van der Waals surface area contributed by atoms with Crippen LogP contribution in [0, 0.1) is 11.7 Å². The summed E-state index contributed by atoms with van der Waals surface area (Å²) in [6, 6.07) is 2.90. The molecule has 1 aromatic carbocycles. The molecule has 1 aliphatic carbocycles. The Balaban J connectivity index is 1.72. The van der Waals surface area contributed by atoms with Crippen LogP contribution in [-0.2, 0) is 14.2 Å². The number of esters is 1. The lowest BCUT2D eigenvalue weighted by Crippen LogP contribution is -2.41. The number of hydrogen-bond donors (Lipinski definition) is 0. The Kier molecular flexibility index (Phi) is 5.50. The van der Waals surface area contributed by atoms with E-state index in [1.54, 1.807) is 26.8 Å². The first-order chi connectivity index (χ1) is 12.5. The van der Waals surface area contributed by atoms with Crippen LogP contribution in [0.2, 0.25) is 0 Å². The summed E-state index contributed by atoms with van der Waals surface area (Å²) in [6.07, 6.45) is 2.03. The maximum Gasteiger partial charge on any atom is 0.341 e. The predicted octanol–water partition coefficient (Wildman–Crippen LogP) is 4.44. The summed E-state index contributed by atoms with van der Waals surface area (Å²) in [5.41, 5.74) is 0.160. The standard InChI is InChI=1S/C21H29FO5/c1-20(2,3)27-19(23)16-8-15(14-6-7-14)18(9-17(16)22)24-10-13-11-25-21(4,5)26-12-13/h8-9,13-14H,6-7,10-12H2,1-5H3. The monoisotopic (exact) mass is 380 g/mol. The van der Waals surface area contributed by atoms with Gasteiger partial charge in [0.2, 0.25) is 0 Å². The molecule has 0 bridgehead atoms. The zero-order chi connectivity index (χ0) is 19.8. The van der Waals surface area contributed by atoms with Gasteiger partial charge in [0.25, 0.3) is 0 Å². The van der Waals surface area contributed by atoms with Gasteiger partial charge in [-0.05, 0) is 65.0 Å². The number of halogens is 1. The molecule has 27 heavy (non-hydrogen) atoms. The Bertz CT molecular complexity index is 693. The highest BCUT2D eigenvalue weighted by Gasteiger charge is 2.32. The van der Waals surface area contributed by atoms with Gasteiger partial charge in [-0.3, -0.25) is 0 Å². The fourth-order valence-electron chi connectivity index (χ4n) is 2.93. The zero-order valence-corrected chi connectivity index (χ0v) is 16.8. The average Bonchev–Trinajstić information content (AvgIpc) is 3.37. The van der Waals surface area contributed by atoms with Crippen LogP contribution in [0.4, 0.5) is 4.39 Å². The minimum absolute atomic E-state index is 0.0368. The minimum Gasteiger partial charge on any atom is -0.493 e. The van der Waals surface area contributed by atoms with E-state index in [1.165, 1.54) is 6.07 Å². The Morgan fingerprint density at radius 3 is 2.41 bits per heavy atom. The molecule has 0 radical (unpaired) electrons. The second-order valence-corrected chi connectivity index (χ2v) is 8.84. The summed E-state index contributed by atoms with van der Waals surface area (Å²) < 4.78 is 37.1. The second-order valence-electron chi connectivity index (χ2n) is 8.84. The van der Waals surface area contributed by atoms with Gasteiger partial charge in [0.05, 0.1) is 25.4 Å². The van der Waals surface area contributed by atoms with Crippen molar-refractivity contribution >= 4 is 5.97 Å². The van der Waals surface area contributed by atoms with Crippen LogP contribution >= 0.6 is 0 Å². The Hall–Kier alpha value is -1.66. The highest BCUT2D eigenvalue weighted by molar-refractivity contribution is 5.90. The van der Waals surface area contributed by atoms with Crippen molar-refractivity contribution in [3.63, 3.8) is 0 Å². The summed E-state index contributed by atoms with van der Waals surface area (Å²) in [5, 5.41) is 0. The molecular weight excluding hydrogens is 351 g/mol. The molecule has 5 nitrogen and oxygen atoms in total. The first-order valence-corrected chi connectivity index (χ1v) is 9.51. The molecule has 3 rings (SSSR count). The SMILES string of the molecule is CC(C)(C)OC(=O)c1cc(C2CC2)c(OCC2COC(C)(C)OC2)cc1F. The smallest absolute Gasteiger partial charge is 0.341 e.